The van der Waals surface area contributed by atoms with Gasteiger partial charge in [-0.15, -0.1) is 0 Å². The van der Waals surface area contributed by atoms with Crippen LogP contribution in [0, 0.1) is 11.8 Å². The molecule has 3 fully saturated rings. The Kier molecular flexibility index (Phi) is 5.06. The summed E-state index contributed by atoms with van der Waals surface area (Å²) in [6.07, 6.45) is 6.48. The first-order valence-electron chi connectivity index (χ1n) is 9.80. The molecule has 1 aromatic heterocycles. The van der Waals surface area contributed by atoms with Gasteiger partial charge in [-0.05, 0) is 61.4 Å². The number of hydrogen-bond donors (Lipinski definition) is 1. The van der Waals surface area contributed by atoms with Crippen molar-refractivity contribution in [2.24, 2.45) is 11.8 Å². The molecule has 7 heteroatoms. The van der Waals surface area contributed by atoms with Gasteiger partial charge in [0, 0.05) is 28.3 Å². The van der Waals surface area contributed by atoms with Gasteiger partial charge >= 0.3 is 0 Å². The van der Waals surface area contributed by atoms with Crippen LogP contribution in [0.1, 0.15) is 37.0 Å². The highest BCUT2D eigenvalue weighted by molar-refractivity contribution is 8.26. The van der Waals surface area contributed by atoms with E-state index in [4.69, 9.17) is 28.2 Å². The Morgan fingerprint density at radius 2 is 2.07 bits per heavy atom. The second-order valence-electron chi connectivity index (χ2n) is 7.96. The molecule has 1 saturated heterocycles. The molecule has 2 aliphatic carbocycles. The Labute approximate surface area is 183 Å². The Balaban J connectivity index is 1.43. The maximum absolute atomic E-state index is 13.1. The zero-order valence-corrected chi connectivity index (χ0v) is 18.0. The molecule has 3 unspecified atom stereocenters. The van der Waals surface area contributed by atoms with Crippen molar-refractivity contribution >= 4 is 51.9 Å². The van der Waals surface area contributed by atoms with Gasteiger partial charge in [0.05, 0.1) is 11.5 Å². The first-order chi connectivity index (χ1) is 14.0. The summed E-state index contributed by atoms with van der Waals surface area (Å²) in [7, 11) is 0. The molecule has 2 aromatic rings. The number of amides is 1. The van der Waals surface area contributed by atoms with E-state index in [0.717, 1.165) is 17.9 Å². The second kappa shape index (κ2) is 7.58. The summed E-state index contributed by atoms with van der Waals surface area (Å²) in [5, 5.41) is 10.4. The molecule has 29 heavy (non-hydrogen) atoms. The summed E-state index contributed by atoms with van der Waals surface area (Å²) in [6, 6.07) is 9.34. The summed E-state index contributed by atoms with van der Waals surface area (Å²) >= 11 is 12.8. The second-order valence-corrected chi connectivity index (χ2v) is 10.1. The number of aliphatic hydroxyl groups excluding tert-OH is 1. The predicted octanol–water partition coefficient (Wildman–Crippen LogP) is 5.48. The lowest BCUT2D eigenvalue weighted by Gasteiger charge is -2.30. The molecule has 2 heterocycles. The van der Waals surface area contributed by atoms with Gasteiger partial charge < -0.3 is 9.52 Å². The number of aliphatic hydroxyl groups is 1. The normalized spacial score (nSPS) is 27.6. The van der Waals surface area contributed by atoms with Crippen LogP contribution in [0.15, 0.2) is 39.7 Å². The Bertz CT molecular complexity index is 1010. The number of thioether (sulfide) groups is 1. The van der Waals surface area contributed by atoms with E-state index in [2.05, 4.69) is 0 Å². The third kappa shape index (κ3) is 3.46. The lowest BCUT2D eigenvalue weighted by atomic mass is 9.94. The molecule has 1 aromatic carbocycles. The monoisotopic (exact) mass is 445 g/mol. The minimum Gasteiger partial charge on any atom is -0.456 e. The maximum atomic E-state index is 13.1. The predicted molar refractivity (Wildman–Crippen MR) is 119 cm³/mol. The number of thiocarbonyl (C=S) groups is 1. The molecule has 0 radical (unpaired) electrons. The van der Waals surface area contributed by atoms with Crippen molar-refractivity contribution < 1.29 is 14.3 Å². The first-order valence-corrected chi connectivity index (χ1v) is 11.4. The van der Waals surface area contributed by atoms with Crippen molar-refractivity contribution in [2.45, 2.75) is 38.3 Å². The summed E-state index contributed by atoms with van der Waals surface area (Å²) < 4.78 is 6.61. The van der Waals surface area contributed by atoms with Crippen molar-refractivity contribution in [3.8, 4) is 11.3 Å². The molecular weight excluding hydrogens is 426 g/mol. The topological polar surface area (TPSA) is 53.7 Å². The summed E-state index contributed by atoms with van der Waals surface area (Å²) in [6.45, 7) is -0.171. The van der Waals surface area contributed by atoms with Crippen molar-refractivity contribution in [1.29, 1.82) is 0 Å². The highest BCUT2D eigenvalue weighted by Crippen LogP contribution is 2.49. The molecule has 2 bridgehead atoms. The number of fused-ring (bicyclic) bond motifs is 2. The largest absolute Gasteiger partial charge is 0.456 e. The van der Waals surface area contributed by atoms with Gasteiger partial charge in [-0.1, -0.05) is 42.0 Å². The van der Waals surface area contributed by atoms with Gasteiger partial charge in [-0.3, -0.25) is 9.69 Å². The summed E-state index contributed by atoms with van der Waals surface area (Å²) in [5.74, 6) is 2.40. The van der Waals surface area contributed by atoms with Crippen LogP contribution in [-0.2, 0) is 11.4 Å². The molecule has 1 amide bonds. The van der Waals surface area contributed by atoms with Gasteiger partial charge in [0.25, 0.3) is 5.91 Å². The zero-order valence-electron chi connectivity index (χ0n) is 15.6. The van der Waals surface area contributed by atoms with Gasteiger partial charge in [0.1, 0.15) is 15.8 Å². The average molecular weight is 446 g/mol. The van der Waals surface area contributed by atoms with E-state index < -0.39 is 0 Å². The first kappa shape index (κ1) is 19.4. The van der Waals surface area contributed by atoms with E-state index in [0.29, 0.717) is 37.3 Å². The van der Waals surface area contributed by atoms with Crippen LogP contribution in [0.25, 0.3) is 17.4 Å². The number of carbonyl (C=O) groups is 1. The standard InChI is InChI=1S/C22H20ClNO3S2/c23-16-5-3-13(4-6-16)18-9-15(11-25)19(27-18)10-20-21(26)24(22(28)29-20)17-8-12-1-2-14(17)7-12/h3-6,9-10,12,14,17,25H,1-2,7-8,11H2/b20-10-. The van der Waals surface area contributed by atoms with E-state index in [9.17, 15) is 9.90 Å². The van der Waals surface area contributed by atoms with E-state index in [1.807, 2.05) is 17.0 Å². The van der Waals surface area contributed by atoms with E-state index in [1.54, 1.807) is 24.3 Å². The molecule has 5 rings (SSSR count). The van der Waals surface area contributed by atoms with Crippen LogP contribution < -0.4 is 0 Å². The minimum atomic E-state index is -0.171. The Morgan fingerprint density at radius 1 is 1.28 bits per heavy atom. The van der Waals surface area contributed by atoms with Crippen LogP contribution in [-0.4, -0.2) is 26.3 Å². The Morgan fingerprint density at radius 3 is 2.72 bits per heavy atom. The molecule has 1 aliphatic heterocycles. The van der Waals surface area contributed by atoms with Crippen LogP contribution in [0.5, 0.6) is 0 Å². The van der Waals surface area contributed by atoms with Crippen molar-refractivity contribution in [3.05, 3.63) is 51.6 Å². The van der Waals surface area contributed by atoms with Gasteiger partial charge in [0.15, 0.2) is 0 Å². The number of benzene rings is 1. The number of hydrogen-bond acceptors (Lipinski definition) is 5. The fourth-order valence-corrected chi connectivity index (χ4v) is 6.33. The molecule has 2 saturated carbocycles. The van der Waals surface area contributed by atoms with E-state index in [-0.39, 0.29) is 18.6 Å². The zero-order chi connectivity index (χ0) is 20.1. The third-order valence-corrected chi connectivity index (χ3v) is 7.84. The van der Waals surface area contributed by atoms with Crippen LogP contribution in [0.3, 0.4) is 0 Å². The highest BCUT2D eigenvalue weighted by Gasteiger charge is 2.48. The van der Waals surface area contributed by atoms with E-state index in [1.165, 1.54) is 31.0 Å². The maximum Gasteiger partial charge on any atom is 0.266 e. The van der Waals surface area contributed by atoms with Crippen molar-refractivity contribution in [2.75, 3.05) is 0 Å². The summed E-state index contributed by atoms with van der Waals surface area (Å²) in [4.78, 5) is 15.5. The van der Waals surface area contributed by atoms with Gasteiger partial charge in [-0.2, -0.15) is 0 Å². The molecule has 3 aliphatic rings. The Hall–Kier alpha value is -1.60. The molecule has 3 atom stereocenters. The fraction of sp³-hybridized carbons (Fsp3) is 0.364. The smallest absolute Gasteiger partial charge is 0.266 e. The number of halogens is 1. The molecular formula is C22H20ClNO3S2. The lowest BCUT2D eigenvalue weighted by Crippen LogP contribution is -2.41. The van der Waals surface area contributed by atoms with Crippen LogP contribution in [0.4, 0.5) is 0 Å². The van der Waals surface area contributed by atoms with Crippen LogP contribution >= 0.6 is 35.6 Å². The van der Waals surface area contributed by atoms with Crippen molar-refractivity contribution in [1.82, 2.24) is 4.90 Å². The number of rotatable bonds is 4. The quantitative estimate of drug-likeness (QED) is 0.498. The molecule has 0 spiro atoms. The number of carbonyl (C=O) groups excluding carboxylic acids is 1. The average Bonchev–Trinajstić information content (AvgIpc) is 3.47. The molecule has 4 nitrogen and oxygen atoms in total. The van der Waals surface area contributed by atoms with Gasteiger partial charge in [-0.25, -0.2) is 0 Å². The van der Waals surface area contributed by atoms with E-state index >= 15 is 0 Å². The lowest BCUT2D eigenvalue weighted by molar-refractivity contribution is -0.124. The number of nitrogens with zero attached hydrogens (tertiary/aromatic N) is 1. The van der Waals surface area contributed by atoms with Crippen molar-refractivity contribution in [3.63, 3.8) is 0 Å². The fourth-order valence-electron chi connectivity index (χ4n) is 4.86. The molecule has 150 valence electrons. The SMILES string of the molecule is O=C1/C(=C/c2oc(-c3ccc(Cl)cc3)cc2CO)SC(=S)N1C1CC2CCC1C2. The third-order valence-electron chi connectivity index (χ3n) is 6.26. The number of furan rings is 1. The van der Waals surface area contributed by atoms with Gasteiger partial charge in [0.2, 0.25) is 0 Å². The molecule has 1 N–H and O–H groups in total. The summed E-state index contributed by atoms with van der Waals surface area (Å²) in [5.41, 5.74) is 1.50. The minimum absolute atomic E-state index is 0.0362. The van der Waals surface area contributed by atoms with Crippen LogP contribution in [0.2, 0.25) is 5.02 Å². The highest BCUT2D eigenvalue weighted by atomic mass is 35.5.